The molecule has 2 rings (SSSR count). The molecule has 2 aliphatic heterocycles. The van der Waals surface area contributed by atoms with Crippen LogP contribution in [0.3, 0.4) is 0 Å². The highest BCUT2D eigenvalue weighted by molar-refractivity contribution is 7.39. The Morgan fingerprint density at radius 2 is 1.22 bits per heavy atom. The van der Waals surface area contributed by atoms with Crippen LogP contribution in [0.4, 0.5) is 0 Å². The first kappa shape index (κ1) is 23.6. The second-order valence-corrected chi connectivity index (χ2v) is 8.61. The van der Waals surface area contributed by atoms with E-state index < -0.39 is 16.9 Å². The van der Waals surface area contributed by atoms with Crippen molar-refractivity contribution in [3.05, 3.63) is 0 Å². The Morgan fingerprint density at radius 3 is 1.70 bits per heavy atom. The van der Waals surface area contributed by atoms with Crippen LogP contribution in [0.15, 0.2) is 0 Å². The highest BCUT2D eigenvalue weighted by Crippen LogP contribution is 2.24. The van der Waals surface area contributed by atoms with Gasteiger partial charge in [0.25, 0.3) is 0 Å². The third kappa shape index (κ3) is 10.6. The molecule has 10 nitrogen and oxygen atoms in total. The molecule has 0 radical (unpaired) electrons. The SMILES string of the molecule is O=[PH](O)OCN1CCCN2CCCN(CCCN(COP(O)O)CC2)CC1. The zero-order chi connectivity index (χ0) is 19.5. The van der Waals surface area contributed by atoms with Gasteiger partial charge in [0, 0.05) is 39.3 Å². The molecule has 160 valence electrons. The fourth-order valence-corrected chi connectivity index (χ4v) is 4.11. The van der Waals surface area contributed by atoms with Crippen LogP contribution in [0.5, 0.6) is 0 Å². The van der Waals surface area contributed by atoms with Gasteiger partial charge in [-0.1, -0.05) is 0 Å². The van der Waals surface area contributed by atoms with Crippen LogP contribution in [0.2, 0.25) is 0 Å². The van der Waals surface area contributed by atoms with Crippen molar-refractivity contribution in [2.75, 3.05) is 78.9 Å². The molecule has 27 heavy (non-hydrogen) atoms. The first-order valence-corrected chi connectivity index (χ1v) is 12.0. The van der Waals surface area contributed by atoms with Crippen LogP contribution in [0, 0.1) is 0 Å². The normalized spacial score (nSPS) is 28.7. The van der Waals surface area contributed by atoms with Crippen LogP contribution >= 0.6 is 16.9 Å². The second-order valence-electron chi connectivity index (χ2n) is 7.03. The summed E-state index contributed by atoms with van der Waals surface area (Å²) in [7, 11) is -5.21. The lowest BCUT2D eigenvalue weighted by Crippen LogP contribution is -2.40. The van der Waals surface area contributed by atoms with Gasteiger partial charge in [0.1, 0.15) is 13.5 Å². The maximum atomic E-state index is 10.9. The molecule has 0 aromatic rings. The Labute approximate surface area is 163 Å². The van der Waals surface area contributed by atoms with E-state index in [-0.39, 0.29) is 13.5 Å². The molecule has 2 saturated heterocycles. The van der Waals surface area contributed by atoms with E-state index in [4.69, 9.17) is 23.7 Å². The highest BCUT2D eigenvalue weighted by atomic mass is 31.2. The van der Waals surface area contributed by atoms with Crippen LogP contribution in [-0.2, 0) is 13.6 Å². The molecule has 0 aliphatic carbocycles. The van der Waals surface area contributed by atoms with E-state index in [9.17, 15) is 4.57 Å². The van der Waals surface area contributed by atoms with Gasteiger partial charge in [0.15, 0.2) is 0 Å². The predicted octanol–water partition coefficient (Wildman–Crippen LogP) is -0.0664. The minimum atomic E-state index is -2.90. The standard InChI is InChI=1S/C15H34N4O6P2/c20-26(21)24-14-18-8-2-6-16-4-1-5-17(11-12-18)7-3-9-19(13-10-16)15-25-27(22)23/h20-21,27H,1-15H2,(H,22,23). The first-order valence-electron chi connectivity index (χ1n) is 9.59. The van der Waals surface area contributed by atoms with Crippen molar-refractivity contribution in [1.29, 1.82) is 0 Å². The quantitative estimate of drug-likeness (QED) is 0.498. The zero-order valence-corrected chi connectivity index (χ0v) is 17.8. The van der Waals surface area contributed by atoms with Gasteiger partial charge in [0.05, 0.1) is 0 Å². The van der Waals surface area contributed by atoms with Crippen LogP contribution < -0.4 is 0 Å². The van der Waals surface area contributed by atoms with Crippen molar-refractivity contribution in [2.45, 2.75) is 19.3 Å². The van der Waals surface area contributed by atoms with E-state index in [1.165, 1.54) is 0 Å². The largest absolute Gasteiger partial charge is 0.328 e. The molecule has 0 spiro atoms. The summed E-state index contributed by atoms with van der Waals surface area (Å²) in [6, 6.07) is 0. The molecule has 0 amide bonds. The minimum absolute atomic E-state index is 0.207. The van der Waals surface area contributed by atoms with Gasteiger partial charge in [-0.15, -0.1) is 0 Å². The number of fused-ring (bicyclic) bond motifs is 4. The molecular weight excluding hydrogens is 394 g/mol. The van der Waals surface area contributed by atoms with E-state index in [1.807, 2.05) is 0 Å². The Hall–Kier alpha value is 0.300. The number of nitrogens with zero attached hydrogens (tertiary/aromatic N) is 4. The summed E-state index contributed by atoms with van der Waals surface area (Å²) in [6.45, 7) is 9.64. The average molecular weight is 428 g/mol. The Bertz CT molecular complexity index is 437. The maximum absolute atomic E-state index is 10.9. The molecule has 2 heterocycles. The summed E-state index contributed by atoms with van der Waals surface area (Å²) in [4.78, 5) is 36.1. The summed E-state index contributed by atoms with van der Waals surface area (Å²) in [5, 5.41) is 0. The summed E-state index contributed by atoms with van der Waals surface area (Å²) in [5.41, 5.74) is 0. The maximum Gasteiger partial charge on any atom is 0.328 e. The smallest absolute Gasteiger partial charge is 0.328 e. The van der Waals surface area contributed by atoms with E-state index in [0.717, 1.165) is 84.7 Å². The summed E-state index contributed by atoms with van der Waals surface area (Å²) in [6.07, 6.45) is 3.08. The summed E-state index contributed by atoms with van der Waals surface area (Å²) < 4.78 is 20.9. The Kier molecular flexibility index (Phi) is 11.8. The van der Waals surface area contributed by atoms with Crippen LogP contribution in [-0.4, -0.2) is 113 Å². The van der Waals surface area contributed by atoms with Gasteiger partial charge >= 0.3 is 16.9 Å². The van der Waals surface area contributed by atoms with E-state index in [0.29, 0.717) is 0 Å². The van der Waals surface area contributed by atoms with Crippen molar-refractivity contribution in [1.82, 2.24) is 19.6 Å². The molecule has 2 bridgehead atoms. The highest BCUT2D eigenvalue weighted by Gasteiger charge is 2.17. The molecule has 2 fully saturated rings. The Morgan fingerprint density at radius 1 is 0.741 bits per heavy atom. The number of rotatable bonds is 6. The van der Waals surface area contributed by atoms with Gasteiger partial charge in [-0.2, -0.15) is 0 Å². The lowest BCUT2D eigenvalue weighted by Gasteiger charge is -2.29. The van der Waals surface area contributed by atoms with Crippen LogP contribution in [0.25, 0.3) is 0 Å². The molecule has 0 aromatic heterocycles. The third-order valence-corrected chi connectivity index (χ3v) is 5.76. The number of hydrogen-bond acceptors (Lipinski definition) is 9. The topological polar surface area (TPSA) is 109 Å². The molecular formula is C15H34N4O6P2. The second kappa shape index (κ2) is 13.5. The van der Waals surface area contributed by atoms with Gasteiger partial charge in [0.2, 0.25) is 0 Å². The minimum Gasteiger partial charge on any atom is -0.328 e. The lowest BCUT2D eigenvalue weighted by molar-refractivity contribution is 0.0863. The molecule has 3 unspecified atom stereocenters. The fraction of sp³-hybridized carbons (Fsp3) is 1.00. The van der Waals surface area contributed by atoms with Crippen molar-refractivity contribution >= 4 is 16.9 Å². The van der Waals surface area contributed by atoms with E-state index >= 15 is 0 Å². The van der Waals surface area contributed by atoms with E-state index in [1.54, 1.807) is 0 Å². The zero-order valence-electron chi connectivity index (χ0n) is 15.9. The monoisotopic (exact) mass is 428 g/mol. The summed E-state index contributed by atoms with van der Waals surface area (Å²) >= 11 is 0. The van der Waals surface area contributed by atoms with Gasteiger partial charge < -0.3 is 24.5 Å². The molecule has 2 aliphatic rings. The third-order valence-electron chi connectivity index (χ3n) is 5.04. The molecule has 0 aromatic carbocycles. The number of hydrogen-bond donors (Lipinski definition) is 3. The van der Waals surface area contributed by atoms with Crippen LogP contribution in [0.1, 0.15) is 19.3 Å². The van der Waals surface area contributed by atoms with E-state index in [2.05, 4.69) is 19.6 Å². The van der Waals surface area contributed by atoms with Gasteiger partial charge in [-0.25, -0.2) is 0 Å². The van der Waals surface area contributed by atoms with Crippen molar-refractivity contribution in [3.63, 3.8) is 0 Å². The molecule has 3 N–H and O–H groups in total. The average Bonchev–Trinajstić information content (AvgIpc) is 2.69. The fourth-order valence-electron chi connectivity index (χ4n) is 3.55. The Balaban J connectivity index is 1.95. The van der Waals surface area contributed by atoms with Crippen molar-refractivity contribution in [2.24, 2.45) is 0 Å². The predicted molar refractivity (Wildman–Crippen MR) is 104 cm³/mol. The lowest BCUT2D eigenvalue weighted by atomic mass is 10.3. The van der Waals surface area contributed by atoms with Gasteiger partial charge in [-0.3, -0.25) is 23.4 Å². The van der Waals surface area contributed by atoms with Gasteiger partial charge in [-0.05, 0) is 45.4 Å². The molecule has 12 heteroatoms. The van der Waals surface area contributed by atoms with Crippen molar-refractivity contribution < 1.29 is 28.3 Å². The molecule has 0 saturated carbocycles. The van der Waals surface area contributed by atoms with Crippen molar-refractivity contribution in [3.8, 4) is 0 Å². The molecule has 3 atom stereocenters. The first-order chi connectivity index (χ1) is 13.0. The summed E-state index contributed by atoms with van der Waals surface area (Å²) in [5.74, 6) is 0.